The summed E-state index contributed by atoms with van der Waals surface area (Å²) >= 11 is 12.5. The third kappa shape index (κ3) is 2.86. The minimum atomic E-state index is -0.266. The zero-order valence-corrected chi connectivity index (χ0v) is 14.5. The van der Waals surface area contributed by atoms with Crippen LogP contribution in [0.1, 0.15) is 21.5 Å². The zero-order valence-electron chi connectivity index (χ0n) is 13.0. The molecule has 1 unspecified atom stereocenters. The van der Waals surface area contributed by atoms with E-state index < -0.39 is 0 Å². The van der Waals surface area contributed by atoms with Gasteiger partial charge in [-0.25, -0.2) is 0 Å². The zero-order chi connectivity index (χ0) is 16.7. The molecule has 24 heavy (non-hydrogen) atoms. The molecule has 2 heterocycles. The first-order valence-electron chi connectivity index (χ1n) is 7.96. The fraction of sp³-hybridized carbons (Fsp3) is 0.278. The van der Waals surface area contributed by atoms with Crippen LogP contribution in [0.15, 0.2) is 42.5 Å². The Kier molecular flexibility index (Phi) is 4.12. The van der Waals surface area contributed by atoms with Gasteiger partial charge in [-0.3, -0.25) is 14.1 Å². The molecule has 2 aliphatic heterocycles. The lowest BCUT2D eigenvalue weighted by Gasteiger charge is -2.38. The molecule has 0 aromatic heterocycles. The molecule has 0 bridgehead atoms. The van der Waals surface area contributed by atoms with Crippen molar-refractivity contribution in [1.82, 2.24) is 10.2 Å². The van der Waals surface area contributed by atoms with Gasteiger partial charge < -0.3 is 5.32 Å². The van der Waals surface area contributed by atoms with E-state index in [1.54, 1.807) is 22.6 Å². The summed E-state index contributed by atoms with van der Waals surface area (Å²) in [7, 11) is 0. The molecule has 0 fully saturated rings. The monoisotopic (exact) mass is 361 g/mol. The van der Waals surface area contributed by atoms with Gasteiger partial charge in [-0.2, -0.15) is 0 Å². The van der Waals surface area contributed by atoms with Crippen LogP contribution in [0.5, 0.6) is 0 Å². The predicted octanol–water partition coefficient (Wildman–Crippen LogP) is 3.43. The molecule has 1 N–H and O–H groups in total. The van der Waals surface area contributed by atoms with Crippen molar-refractivity contribution < 1.29 is 4.79 Å². The summed E-state index contributed by atoms with van der Waals surface area (Å²) in [5, 5.41) is 3.50. The average Bonchev–Trinajstić information content (AvgIpc) is 2.59. The lowest BCUT2D eigenvalue weighted by Crippen LogP contribution is -2.55. The Bertz CT molecular complexity index is 796. The van der Waals surface area contributed by atoms with E-state index >= 15 is 0 Å². The van der Waals surface area contributed by atoms with Gasteiger partial charge in [0.1, 0.15) is 6.17 Å². The van der Waals surface area contributed by atoms with Crippen molar-refractivity contribution in [2.75, 3.05) is 17.5 Å². The van der Waals surface area contributed by atoms with E-state index in [1.807, 2.05) is 0 Å². The standard InChI is InChI=1S/C18H17Cl2N3O/c19-14-5-6-16-15(9-14)18(24)21-17(23(16)20)11-22-8-7-12-3-1-2-4-13(12)10-22/h1-6,9,17H,7-8,10-11H2,(H,21,24). The Labute approximate surface area is 151 Å². The van der Waals surface area contributed by atoms with Crippen LogP contribution in [0.4, 0.5) is 5.69 Å². The summed E-state index contributed by atoms with van der Waals surface area (Å²) in [5.41, 5.74) is 3.97. The quantitative estimate of drug-likeness (QED) is 0.832. The van der Waals surface area contributed by atoms with E-state index in [-0.39, 0.29) is 12.1 Å². The summed E-state index contributed by atoms with van der Waals surface area (Å²) < 4.78 is 1.60. The van der Waals surface area contributed by atoms with Gasteiger partial charge in [-0.15, -0.1) is 0 Å². The van der Waals surface area contributed by atoms with Crippen LogP contribution in [0, 0.1) is 0 Å². The second kappa shape index (κ2) is 6.28. The Balaban J connectivity index is 1.52. The normalized spacial score (nSPS) is 20.3. The van der Waals surface area contributed by atoms with E-state index in [4.69, 9.17) is 23.4 Å². The van der Waals surface area contributed by atoms with Crippen molar-refractivity contribution >= 4 is 35.0 Å². The Hall–Kier alpha value is -1.75. The molecule has 4 nitrogen and oxygen atoms in total. The van der Waals surface area contributed by atoms with Crippen LogP contribution in [-0.2, 0) is 13.0 Å². The van der Waals surface area contributed by atoms with Crippen molar-refractivity contribution in [1.29, 1.82) is 0 Å². The molecule has 0 spiro atoms. The van der Waals surface area contributed by atoms with Crippen LogP contribution in [-0.4, -0.2) is 30.1 Å². The van der Waals surface area contributed by atoms with Crippen molar-refractivity contribution in [3.8, 4) is 0 Å². The van der Waals surface area contributed by atoms with Crippen molar-refractivity contribution in [2.24, 2.45) is 0 Å². The minimum absolute atomic E-state index is 0.133. The lowest BCUT2D eigenvalue weighted by atomic mass is 10.00. The molecular weight excluding hydrogens is 345 g/mol. The maximum absolute atomic E-state index is 12.4. The van der Waals surface area contributed by atoms with E-state index in [2.05, 4.69) is 34.5 Å². The molecule has 1 atom stereocenters. The first-order valence-corrected chi connectivity index (χ1v) is 8.68. The summed E-state index contributed by atoms with van der Waals surface area (Å²) in [6, 6.07) is 13.7. The molecule has 0 saturated heterocycles. The maximum atomic E-state index is 12.4. The number of carbonyl (C=O) groups excluding carboxylic acids is 1. The van der Waals surface area contributed by atoms with Gasteiger partial charge in [-0.05, 0) is 35.7 Å². The number of hydrogen-bond donors (Lipinski definition) is 1. The Morgan fingerprint density at radius 2 is 1.96 bits per heavy atom. The number of halogens is 2. The van der Waals surface area contributed by atoms with E-state index in [1.165, 1.54) is 11.1 Å². The topological polar surface area (TPSA) is 35.6 Å². The highest BCUT2D eigenvalue weighted by Gasteiger charge is 2.32. The number of carbonyl (C=O) groups is 1. The van der Waals surface area contributed by atoms with Crippen LogP contribution in [0.3, 0.4) is 0 Å². The molecular formula is C18H17Cl2N3O. The van der Waals surface area contributed by atoms with E-state index in [9.17, 15) is 4.79 Å². The molecule has 0 radical (unpaired) electrons. The number of nitrogens with zero attached hydrogens (tertiary/aromatic N) is 2. The van der Waals surface area contributed by atoms with Gasteiger partial charge in [0.25, 0.3) is 5.91 Å². The van der Waals surface area contributed by atoms with E-state index in [0.717, 1.165) is 19.5 Å². The van der Waals surface area contributed by atoms with Crippen molar-refractivity contribution in [3.05, 3.63) is 64.2 Å². The largest absolute Gasteiger partial charge is 0.329 e. The predicted molar refractivity (Wildman–Crippen MR) is 96.5 cm³/mol. The molecule has 2 aromatic carbocycles. The highest BCUT2D eigenvalue weighted by atomic mass is 35.5. The average molecular weight is 362 g/mol. The minimum Gasteiger partial charge on any atom is -0.329 e. The summed E-state index contributed by atoms with van der Waals surface area (Å²) in [6.45, 7) is 2.51. The van der Waals surface area contributed by atoms with Crippen molar-refractivity contribution in [2.45, 2.75) is 19.1 Å². The molecule has 0 aliphatic carbocycles. The van der Waals surface area contributed by atoms with Gasteiger partial charge in [0, 0.05) is 36.4 Å². The lowest BCUT2D eigenvalue weighted by molar-refractivity contribution is 0.0916. The Morgan fingerprint density at radius 3 is 2.79 bits per heavy atom. The second-order valence-corrected chi connectivity index (χ2v) is 7.02. The van der Waals surface area contributed by atoms with Crippen LogP contribution >= 0.6 is 23.4 Å². The first kappa shape index (κ1) is 15.8. The first-order chi connectivity index (χ1) is 11.6. The highest BCUT2D eigenvalue weighted by molar-refractivity contribution is 6.32. The van der Waals surface area contributed by atoms with Crippen LogP contribution < -0.4 is 9.74 Å². The van der Waals surface area contributed by atoms with Crippen LogP contribution in [0.2, 0.25) is 5.02 Å². The van der Waals surface area contributed by atoms with Gasteiger partial charge >= 0.3 is 0 Å². The smallest absolute Gasteiger partial charge is 0.255 e. The summed E-state index contributed by atoms with van der Waals surface area (Å²) in [6.07, 6.45) is 0.754. The summed E-state index contributed by atoms with van der Waals surface area (Å²) in [5.74, 6) is -0.133. The number of fused-ring (bicyclic) bond motifs is 2. The van der Waals surface area contributed by atoms with Gasteiger partial charge in [0.15, 0.2) is 0 Å². The third-order valence-corrected chi connectivity index (χ3v) is 5.30. The van der Waals surface area contributed by atoms with E-state index in [0.29, 0.717) is 22.8 Å². The molecule has 4 rings (SSSR count). The highest BCUT2D eigenvalue weighted by Crippen LogP contribution is 2.31. The second-order valence-electron chi connectivity index (χ2n) is 6.22. The molecule has 1 amide bonds. The molecule has 6 heteroatoms. The van der Waals surface area contributed by atoms with Gasteiger partial charge in [0.2, 0.25) is 0 Å². The molecule has 0 saturated carbocycles. The van der Waals surface area contributed by atoms with Gasteiger partial charge in [0.05, 0.1) is 11.3 Å². The van der Waals surface area contributed by atoms with Crippen LogP contribution in [0.25, 0.3) is 0 Å². The fourth-order valence-electron chi connectivity index (χ4n) is 3.40. The number of amides is 1. The molecule has 2 aromatic rings. The number of nitrogens with one attached hydrogen (secondary N) is 1. The maximum Gasteiger partial charge on any atom is 0.255 e. The molecule has 2 aliphatic rings. The number of hydrogen-bond acceptors (Lipinski definition) is 3. The molecule has 124 valence electrons. The van der Waals surface area contributed by atoms with Gasteiger partial charge in [-0.1, -0.05) is 35.9 Å². The third-order valence-electron chi connectivity index (χ3n) is 4.65. The SMILES string of the molecule is O=C1NC(CN2CCc3ccccc3C2)N(Cl)c2ccc(Cl)cc21. The van der Waals surface area contributed by atoms with Crippen molar-refractivity contribution in [3.63, 3.8) is 0 Å². The number of anilines is 1. The fourth-order valence-corrected chi connectivity index (χ4v) is 3.83. The summed E-state index contributed by atoms with van der Waals surface area (Å²) in [4.78, 5) is 14.7. The number of rotatable bonds is 2. The number of benzene rings is 2. The Morgan fingerprint density at radius 1 is 1.17 bits per heavy atom.